The molecule has 1 fully saturated rings. The third-order valence-electron chi connectivity index (χ3n) is 3.82. The van der Waals surface area contributed by atoms with Crippen LogP contribution in [0.1, 0.15) is 11.6 Å². The monoisotopic (exact) mass is 316 g/mol. The van der Waals surface area contributed by atoms with Crippen LogP contribution in [0.3, 0.4) is 0 Å². The first-order chi connectivity index (χ1) is 11.3. The van der Waals surface area contributed by atoms with Gasteiger partial charge in [0.1, 0.15) is 6.33 Å². The van der Waals surface area contributed by atoms with E-state index >= 15 is 0 Å². The zero-order valence-corrected chi connectivity index (χ0v) is 12.8. The van der Waals surface area contributed by atoms with Gasteiger partial charge in [0, 0.05) is 26.2 Å². The molecule has 8 nitrogen and oxygen atoms in total. The normalized spacial score (nSPS) is 16.9. The van der Waals surface area contributed by atoms with Crippen LogP contribution in [0.15, 0.2) is 36.7 Å². The number of rotatable bonds is 6. The van der Waals surface area contributed by atoms with Crippen molar-refractivity contribution in [2.45, 2.75) is 6.04 Å². The van der Waals surface area contributed by atoms with Crippen LogP contribution in [0.25, 0.3) is 0 Å². The van der Waals surface area contributed by atoms with Crippen LogP contribution in [-0.2, 0) is 9.53 Å². The van der Waals surface area contributed by atoms with E-state index < -0.39 is 6.04 Å². The highest BCUT2D eigenvalue weighted by Gasteiger charge is 2.23. The van der Waals surface area contributed by atoms with E-state index in [0.29, 0.717) is 6.54 Å². The molecular formula is C15H20N6O2. The number of hydrogen-bond acceptors (Lipinski definition) is 6. The topological polar surface area (TPSA) is 85.2 Å². The number of carbonyl (C=O) groups excluding carboxylic acids is 1. The number of hydrogen-bond donors (Lipinski definition) is 1. The van der Waals surface area contributed by atoms with Crippen LogP contribution in [0, 0.1) is 0 Å². The summed E-state index contributed by atoms with van der Waals surface area (Å²) in [5.74, 6) is -0.114. The van der Waals surface area contributed by atoms with Gasteiger partial charge in [-0.05, 0) is 16.0 Å². The van der Waals surface area contributed by atoms with Gasteiger partial charge in [-0.2, -0.15) is 0 Å². The smallest absolute Gasteiger partial charge is 0.249 e. The minimum absolute atomic E-state index is 0.114. The summed E-state index contributed by atoms with van der Waals surface area (Å²) in [6, 6.07) is 8.94. The van der Waals surface area contributed by atoms with Crippen molar-refractivity contribution in [2.24, 2.45) is 0 Å². The van der Waals surface area contributed by atoms with E-state index in [1.54, 1.807) is 0 Å². The van der Waals surface area contributed by atoms with Crippen LogP contribution in [0.2, 0.25) is 0 Å². The number of nitrogens with one attached hydrogen (secondary N) is 1. The zero-order chi connectivity index (χ0) is 15.9. The van der Waals surface area contributed by atoms with E-state index in [9.17, 15) is 4.79 Å². The second-order valence-electron chi connectivity index (χ2n) is 5.35. The molecule has 1 aliphatic rings. The van der Waals surface area contributed by atoms with Gasteiger partial charge in [0.15, 0.2) is 6.04 Å². The van der Waals surface area contributed by atoms with Crippen LogP contribution >= 0.6 is 0 Å². The fourth-order valence-electron chi connectivity index (χ4n) is 2.60. The summed E-state index contributed by atoms with van der Waals surface area (Å²) < 4.78 is 6.79. The molecule has 1 N–H and O–H groups in total. The Morgan fingerprint density at radius 3 is 2.74 bits per heavy atom. The number of ether oxygens (including phenoxy) is 1. The molecule has 122 valence electrons. The van der Waals surface area contributed by atoms with Gasteiger partial charge in [-0.1, -0.05) is 30.3 Å². The average Bonchev–Trinajstić information content (AvgIpc) is 3.11. The molecule has 0 aliphatic carbocycles. The lowest BCUT2D eigenvalue weighted by molar-refractivity contribution is -0.123. The standard InChI is InChI=1S/C15H20N6O2/c22-15(16-6-7-20-8-10-23-11-9-20)14(21-12-17-18-19-21)13-4-2-1-3-5-13/h1-5,12,14H,6-11H2,(H,16,22). The van der Waals surface area contributed by atoms with Gasteiger partial charge in [-0.3, -0.25) is 9.69 Å². The zero-order valence-electron chi connectivity index (χ0n) is 12.8. The molecule has 2 aromatic rings. The molecule has 3 rings (SSSR count). The van der Waals surface area contributed by atoms with Crippen LogP contribution in [0.5, 0.6) is 0 Å². The fourth-order valence-corrected chi connectivity index (χ4v) is 2.60. The lowest BCUT2D eigenvalue weighted by atomic mass is 10.1. The number of aromatic nitrogens is 4. The molecule has 0 radical (unpaired) electrons. The highest BCUT2D eigenvalue weighted by Crippen LogP contribution is 2.16. The first kappa shape index (κ1) is 15.6. The largest absolute Gasteiger partial charge is 0.379 e. The summed E-state index contributed by atoms with van der Waals surface area (Å²) in [6.45, 7) is 4.73. The molecule has 1 saturated heterocycles. The van der Waals surface area contributed by atoms with Gasteiger partial charge < -0.3 is 10.1 Å². The Balaban J connectivity index is 1.61. The van der Waals surface area contributed by atoms with Crippen molar-refractivity contribution in [3.8, 4) is 0 Å². The molecular weight excluding hydrogens is 296 g/mol. The number of amides is 1. The Kier molecular flexibility index (Phi) is 5.28. The maximum absolute atomic E-state index is 12.6. The molecule has 1 aromatic heterocycles. The SMILES string of the molecule is O=C(NCCN1CCOCC1)C(c1ccccc1)n1cnnn1. The number of benzene rings is 1. The lowest BCUT2D eigenvalue weighted by Gasteiger charge is -2.26. The number of tetrazole rings is 1. The quantitative estimate of drug-likeness (QED) is 0.788. The Bertz CT molecular complexity index is 598. The number of nitrogens with zero attached hydrogens (tertiary/aromatic N) is 5. The molecule has 23 heavy (non-hydrogen) atoms. The van der Waals surface area contributed by atoms with Gasteiger partial charge in [0.2, 0.25) is 5.91 Å². The van der Waals surface area contributed by atoms with Crippen molar-refractivity contribution in [1.29, 1.82) is 0 Å². The maximum Gasteiger partial charge on any atom is 0.249 e. The summed E-state index contributed by atoms with van der Waals surface area (Å²) in [7, 11) is 0. The van der Waals surface area contributed by atoms with Crippen LogP contribution < -0.4 is 5.32 Å². The molecule has 1 aliphatic heterocycles. The van der Waals surface area contributed by atoms with Gasteiger partial charge in [-0.15, -0.1) is 5.10 Å². The minimum atomic E-state index is -0.559. The first-order valence-electron chi connectivity index (χ1n) is 7.70. The van der Waals surface area contributed by atoms with Crippen molar-refractivity contribution in [1.82, 2.24) is 30.4 Å². The van der Waals surface area contributed by atoms with Crippen molar-refractivity contribution in [3.63, 3.8) is 0 Å². The Morgan fingerprint density at radius 2 is 2.04 bits per heavy atom. The first-order valence-corrected chi connectivity index (χ1v) is 7.70. The van der Waals surface area contributed by atoms with Crippen molar-refractivity contribution < 1.29 is 9.53 Å². The summed E-state index contributed by atoms with van der Waals surface area (Å²) >= 11 is 0. The second kappa shape index (κ2) is 7.80. The molecule has 0 spiro atoms. The second-order valence-corrected chi connectivity index (χ2v) is 5.35. The molecule has 1 amide bonds. The molecule has 8 heteroatoms. The van der Waals surface area contributed by atoms with Gasteiger partial charge in [0.25, 0.3) is 0 Å². The summed E-state index contributed by atoms with van der Waals surface area (Å²) in [4.78, 5) is 14.9. The van der Waals surface area contributed by atoms with E-state index in [1.165, 1.54) is 11.0 Å². The predicted octanol–water partition coefficient (Wildman–Crippen LogP) is -0.289. The van der Waals surface area contributed by atoms with Crippen LogP contribution in [0.4, 0.5) is 0 Å². The molecule has 1 unspecified atom stereocenters. The fraction of sp³-hybridized carbons (Fsp3) is 0.467. The van der Waals surface area contributed by atoms with E-state index in [1.807, 2.05) is 30.3 Å². The summed E-state index contributed by atoms with van der Waals surface area (Å²) in [5.41, 5.74) is 0.851. The van der Waals surface area contributed by atoms with Crippen molar-refractivity contribution >= 4 is 5.91 Å². The average molecular weight is 316 g/mol. The highest BCUT2D eigenvalue weighted by molar-refractivity contribution is 5.83. The third kappa shape index (κ3) is 4.11. The van der Waals surface area contributed by atoms with Gasteiger partial charge >= 0.3 is 0 Å². The van der Waals surface area contributed by atoms with E-state index in [-0.39, 0.29) is 5.91 Å². The minimum Gasteiger partial charge on any atom is -0.379 e. The van der Waals surface area contributed by atoms with Crippen LogP contribution in [-0.4, -0.2) is 70.4 Å². The van der Waals surface area contributed by atoms with E-state index in [2.05, 4.69) is 25.7 Å². The van der Waals surface area contributed by atoms with E-state index in [4.69, 9.17) is 4.74 Å². The summed E-state index contributed by atoms with van der Waals surface area (Å²) in [6.07, 6.45) is 1.46. The molecule has 0 saturated carbocycles. The lowest BCUT2D eigenvalue weighted by Crippen LogP contribution is -2.43. The highest BCUT2D eigenvalue weighted by atomic mass is 16.5. The van der Waals surface area contributed by atoms with Gasteiger partial charge in [0.05, 0.1) is 13.2 Å². The molecule has 1 aromatic carbocycles. The molecule has 2 heterocycles. The summed E-state index contributed by atoms with van der Waals surface area (Å²) in [5, 5.41) is 14.1. The molecule has 1 atom stereocenters. The predicted molar refractivity (Wildman–Crippen MR) is 82.7 cm³/mol. The van der Waals surface area contributed by atoms with Crippen molar-refractivity contribution in [3.05, 3.63) is 42.2 Å². The molecule has 0 bridgehead atoms. The van der Waals surface area contributed by atoms with E-state index in [0.717, 1.165) is 38.4 Å². The third-order valence-corrected chi connectivity index (χ3v) is 3.82. The Labute approximate surface area is 134 Å². The number of morpholine rings is 1. The number of carbonyl (C=O) groups is 1. The Morgan fingerprint density at radius 1 is 1.26 bits per heavy atom. The maximum atomic E-state index is 12.6. The van der Waals surface area contributed by atoms with Gasteiger partial charge in [-0.25, -0.2) is 4.68 Å². The van der Waals surface area contributed by atoms with Crippen molar-refractivity contribution in [2.75, 3.05) is 39.4 Å². The Hall–Kier alpha value is -2.32.